The van der Waals surface area contributed by atoms with Gasteiger partial charge in [-0.15, -0.1) is 11.8 Å². The number of carbonyl (C=O) groups excluding carboxylic acids is 2. The molecule has 0 aliphatic carbocycles. The number of para-hydroxylation sites is 2. The van der Waals surface area contributed by atoms with E-state index in [2.05, 4.69) is 5.32 Å². The van der Waals surface area contributed by atoms with Crippen LogP contribution >= 0.6 is 11.8 Å². The molecule has 0 bridgehead atoms. The van der Waals surface area contributed by atoms with Crippen LogP contribution in [0.15, 0.2) is 78.9 Å². The predicted molar refractivity (Wildman–Crippen MR) is 135 cm³/mol. The minimum Gasteiger partial charge on any atom is -0.492 e. The number of rotatable bonds is 8. The highest BCUT2D eigenvalue weighted by Crippen LogP contribution is 2.45. The van der Waals surface area contributed by atoms with Crippen LogP contribution in [-0.2, 0) is 9.59 Å². The Morgan fingerprint density at radius 2 is 1.73 bits per heavy atom. The van der Waals surface area contributed by atoms with Gasteiger partial charge in [0.05, 0.1) is 24.0 Å². The lowest BCUT2D eigenvalue weighted by molar-refractivity contribution is -0.118. The predicted octanol–water partition coefficient (Wildman–Crippen LogP) is 6.00. The van der Waals surface area contributed by atoms with Gasteiger partial charge in [0.2, 0.25) is 11.8 Å². The van der Waals surface area contributed by atoms with Gasteiger partial charge in [-0.05, 0) is 48.7 Å². The van der Waals surface area contributed by atoms with Crippen molar-refractivity contribution in [2.45, 2.75) is 31.6 Å². The molecule has 6 heteroatoms. The van der Waals surface area contributed by atoms with E-state index in [1.165, 1.54) is 0 Å². The number of benzene rings is 3. The lowest BCUT2D eigenvalue weighted by Crippen LogP contribution is -2.28. The molecule has 33 heavy (non-hydrogen) atoms. The van der Waals surface area contributed by atoms with Crippen LogP contribution in [0.3, 0.4) is 0 Å². The number of hydrogen-bond acceptors (Lipinski definition) is 4. The van der Waals surface area contributed by atoms with Crippen LogP contribution in [0.2, 0.25) is 0 Å². The Hall–Kier alpha value is -3.25. The molecule has 2 unspecified atom stereocenters. The molecule has 5 nitrogen and oxygen atoms in total. The van der Waals surface area contributed by atoms with Gasteiger partial charge < -0.3 is 10.1 Å². The normalized spacial score (nSPS) is 16.5. The molecule has 1 aliphatic rings. The van der Waals surface area contributed by atoms with Gasteiger partial charge in [0, 0.05) is 5.69 Å². The van der Waals surface area contributed by atoms with Gasteiger partial charge in [0.1, 0.15) is 11.1 Å². The number of thioether (sulfide) groups is 1. The third-order valence-corrected chi connectivity index (χ3v) is 6.89. The van der Waals surface area contributed by atoms with E-state index in [0.717, 1.165) is 28.9 Å². The summed E-state index contributed by atoms with van der Waals surface area (Å²) in [7, 11) is 0. The van der Waals surface area contributed by atoms with E-state index in [4.69, 9.17) is 4.74 Å². The fourth-order valence-electron chi connectivity index (χ4n) is 4.08. The summed E-state index contributed by atoms with van der Waals surface area (Å²) in [5.41, 5.74) is 3.54. The van der Waals surface area contributed by atoms with Crippen molar-refractivity contribution in [3.8, 4) is 5.75 Å². The Labute approximate surface area is 199 Å². The van der Waals surface area contributed by atoms with Gasteiger partial charge in [-0.1, -0.05) is 61.5 Å². The maximum atomic E-state index is 12.9. The van der Waals surface area contributed by atoms with Crippen LogP contribution in [0.25, 0.3) is 0 Å². The summed E-state index contributed by atoms with van der Waals surface area (Å²) in [5, 5.41) is 2.90. The Morgan fingerprint density at radius 3 is 2.42 bits per heavy atom. The quantitative estimate of drug-likeness (QED) is 0.448. The highest BCUT2D eigenvalue weighted by molar-refractivity contribution is 8.00. The molecule has 3 aromatic rings. The summed E-state index contributed by atoms with van der Waals surface area (Å²) in [6, 6.07) is 25.2. The second-order valence-electron chi connectivity index (χ2n) is 7.81. The van der Waals surface area contributed by atoms with Gasteiger partial charge in [0.15, 0.2) is 0 Å². The van der Waals surface area contributed by atoms with E-state index in [0.29, 0.717) is 18.1 Å². The molecule has 2 atom stereocenters. The molecular weight excluding hydrogens is 432 g/mol. The lowest BCUT2D eigenvalue weighted by Gasteiger charge is -2.26. The first-order valence-corrected chi connectivity index (χ1v) is 12.3. The largest absolute Gasteiger partial charge is 0.492 e. The fourth-order valence-corrected chi connectivity index (χ4v) is 5.25. The number of nitrogens with one attached hydrogen (secondary N) is 1. The van der Waals surface area contributed by atoms with E-state index in [9.17, 15) is 9.59 Å². The molecule has 3 aromatic carbocycles. The minimum absolute atomic E-state index is 0.0193. The first kappa shape index (κ1) is 22.9. The van der Waals surface area contributed by atoms with Gasteiger partial charge in [-0.3, -0.25) is 14.5 Å². The molecule has 0 radical (unpaired) electrons. The van der Waals surface area contributed by atoms with Gasteiger partial charge >= 0.3 is 0 Å². The first-order chi connectivity index (χ1) is 16.1. The topological polar surface area (TPSA) is 58.6 Å². The summed E-state index contributed by atoms with van der Waals surface area (Å²) in [6.45, 7) is 4.49. The van der Waals surface area contributed by atoms with Crippen molar-refractivity contribution in [3.63, 3.8) is 0 Å². The van der Waals surface area contributed by atoms with Crippen molar-refractivity contribution in [1.82, 2.24) is 0 Å². The highest BCUT2D eigenvalue weighted by atomic mass is 32.2. The van der Waals surface area contributed by atoms with E-state index in [1.54, 1.807) is 11.8 Å². The fraction of sp³-hybridized carbons (Fsp3) is 0.259. The zero-order chi connectivity index (χ0) is 23.2. The van der Waals surface area contributed by atoms with Crippen LogP contribution in [0, 0.1) is 0 Å². The van der Waals surface area contributed by atoms with Gasteiger partial charge in [-0.2, -0.15) is 0 Å². The molecular formula is C27H28N2O3S. The maximum absolute atomic E-state index is 12.9. The molecule has 0 spiro atoms. The molecule has 1 saturated heterocycles. The SMILES string of the molecule is CCOc1ccccc1N1C(=O)CSC1c1ccc(NC(=O)C(CC)c2ccccc2)cc1. The third kappa shape index (κ3) is 5.06. The Kier molecular flexibility index (Phi) is 7.35. The standard InChI is InChI=1S/C27H28N2O3S/c1-3-22(19-10-6-5-7-11-19)26(31)28-21-16-14-20(15-17-21)27-29(25(30)18-33-27)23-12-8-9-13-24(23)32-4-2/h5-17,22,27H,3-4,18H2,1-2H3,(H,28,31). The molecule has 1 fully saturated rings. The summed E-state index contributed by atoms with van der Waals surface area (Å²) < 4.78 is 5.76. The van der Waals surface area contributed by atoms with Crippen LogP contribution in [-0.4, -0.2) is 24.2 Å². The number of hydrogen-bond donors (Lipinski definition) is 1. The van der Waals surface area contributed by atoms with Crippen molar-refractivity contribution in [2.24, 2.45) is 0 Å². The second-order valence-corrected chi connectivity index (χ2v) is 8.88. The molecule has 1 N–H and O–H groups in total. The Morgan fingerprint density at radius 1 is 1.03 bits per heavy atom. The Bertz CT molecular complexity index is 1100. The number of nitrogens with zero attached hydrogens (tertiary/aromatic N) is 1. The highest BCUT2D eigenvalue weighted by Gasteiger charge is 2.35. The smallest absolute Gasteiger partial charge is 0.238 e. The van der Waals surface area contributed by atoms with E-state index in [1.807, 2.05) is 97.6 Å². The molecule has 1 heterocycles. The number of amides is 2. The summed E-state index contributed by atoms with van der Waals surface area (Å²) in [4.78, 5) is 27.5. The summed E-state index contributed by atoms with van der Waals surface area (Å²) in [5.74, 6) is 0.965. The maximum Gasteiger partial charge on any atom is 0.238 e. The average molecular weight is 461 g/mol. The lowest BCUT2D eigenvalue weighted by atomic mass is 9.95. The van der Waals surface area contributed by atoms with Gasteiger partial charge in [-0.25, -0.2) is 0 Å². The van der Waals surface area contributed by atoms with Crippen molar-refractivity contribution < 1.29 is 14.3 Å². The number of anilines is 2. The van der Waals surface area contributed by atoms with Crippen LogP contribution in [0.4, 0.5) is 11.4 Å². The van der Waals surface area contributed by atoms with E-state index in [-0.39, 0.29) is 23.1 Å². The monoisotopic (exact) mass is 460 g/mol. The molecule has 170 valence electrons. The molecule has 4 rings (SSSR count). The van der Waals surface area contributed by atoms with E-state index >= 15 is 0 Å². The summed E-state index contributed by atoms with van der Waals surface area (Å²) >= 11 is 1.59. The van der Waals surface area contributed by atoms with Crippen LogP contribution < -0.4 is 15.0 Å². The van der Waals surface area contributed by atoms with Crippen molar-refractivity contribution in [1.29, 1.82) is 0 Å². The van der Waals surface area contributed by atoms with Crippen molar-refractivity contribution in [3.05, 3.63) is 90.0 Å². The molecule has 0 saturated carbocycles. The Balaban J connectivity index is 1.52. The zero-order valence-corrected chi connectivity index (χ0v) is 19.7. The summed E-state index contributed by atoms with van der Waals surface area (Å²) in [6.07, 6.45) is 0.725. The zero-order valence-electron chi connectivity index (χ0n) is 18.9. The average Bonchev–Trinajstić information content (AvgIpc) is 3.22. The number of carbonyl (C=O) groups is 2. The molecule has 2 amide bonds. The first-order valence-electron chi connectivity index (χ1n) is 11.2. The molecule has 0 aromatic heterocycles. The minimum atomic E-state index is -0.195. The third-order valence-electron chi connectivity index (χ3n) is 5.68. The van der Waals surface area contributed by atoms with Crippen LogP contribution in [0.1, 0.15) is 42.7 Å². The van der Waals surface area contributed by atoms with Crippen molar-refractivity contribution >= 4 is 35.0 Å². The van der Waals surface area contributed by atoms with Crippen molar-refractivity contribution in [2.75, 3.05) is 22.6 Å². The van der Waals surface area contributed by atoms with Crippen LogP contribution in [0.5, 0.6) is 5.75 Å². The van der Waals surface area contributed by atoms with E-state index < -0.39 is 0 Å². The molecule has 1 aliphatic heterocycles. The van der Waals surface area contributed by atoms with Gasteiger partial charge in [0.25, 0.3) is 0 Å². The second kappa shape index (κ2) is 10.6. The number of ether oxygens (including phenoxy) is 1.